The highest BCUT2D eigenvalue weighted by molar-refractivity contribution is 5.20. The third-order valence-corrected chi connectivity index (χ3v) is 1.54. The van der Waals surface area contributed by atoms with Crippen molar-refractivity contribution in [3.63, 3.8) is 0 Å². The third-order valence-electron chi connectivity index (χ3n) is 1.54. The van der Waals surface area contributed by atoms with Crippen LogP contribution in [0, 0.1) is 11.6 Å². The summed E-state index contributed by atoms with van der Waals surface area (Å²) >= 11 is 0. The van der Waals surface area contributed by atoms with Crippen LogP contribution in [-0.2, 0) is 0 Å². The molecule has 66 valence electrons. The Morgan fingerprint density at radius 2 is 2.08 bits per heavy atom. The molecule has 0 spiro atoms. The van der Waals surface area contributed by atoms with Crippen molar-refractivity contribution in [1.82, 2.24) is 0 Å². The van der Waals surface area contributed by atoms with Crippen molar-refractivity contribution in [3.8, 4) is 0 Å². The van der Waals surface area contributed by atoms with Crippen LogP contribution in [0.2, 0.25) is 0 Å². The fourth-order valence-corrected chi connectivity index (χ4v) is 0.899. The molecule has 0 amide bonds. The smallest absolute Gasteiger partial charge is 0.131 e. The topological polar surface area (TPSA) is 46.2 Å². The average Bonchev–Trinajstić information content (AvgIpc) is 2.03. The summed E-state index contributed by atoms with van der Waals surface area (Å²) in [7, 11) is 0. The second-order valence-corrected chi connectivity index (χ2v) is 2.42. The molecule has 0 radical (unpaired) electrons. The van der Waals surface area contributed by atoms with Crippen molar-refractivity contribution in [1.29, 1.82) is 0 Å². The van der Waals surface area contributed by atoms with E-state index in [0.29, 0.717) is 6.07 Å². The highest BCUT2D eigenvalue weighted by Gasteiger charge is 2.10. The van der Waals surface area contributed by atoms with Crippen molar-refractivity contribution < 1.29 is 13.9 Å². The highest BCUT2D eigenvalue weighted by Crippen LogP contribution is 2.16. The van der Waals surface area contributed by atoms with E-state index in [0.717, 1.165) is 6.07 Å². The van der Waals surface area contributed by atoms with Crippen LogP contribution in [0.3, 0.4) is 0 Å². The average molecular weight is 173 g/mol. The van der Waals surface area contributed by atoms with Gasteiger partial charge in [0, 0.05) is 18.2 Å². The fraction of sp³-hybridized carbons (Fsp3) is 0.250. The first kappa shape index (κ1) is 9.09. The molecule has 0 aliphatic heterocycles. The molecule has 0 aliphatic carbocycles. The molecular weight excluding hydrogens is 164 g/mol. The van der Waals surface area contributed by atoms with E-state index < -0.39 is 17.7 Å². The van der Waals surface area contributed by atoms with Gasteiger partial charge in [-0.05, 0) is 6.07 Å². The molecule has 0 bridgehead atoms. The lowest BCUT2D eigenvalue weighted by Gasteiger charge is -2.08. The van der Waals surface area contributed by atoms with E-state index in [1.165, 1.54) is 6.07 Å². The molecule has 1 rings (SSSR count). The maximum Gasteiger partial charge on any atom is 0.131 e. The van der Waals surface area contributed by atoms with Crippen molar-refractivity contribution >= 4 is 0 Å². The lowest BCUT2D eigenvalue weighted by molar-refractivity contribution is 0.181. The molecule has 0 aliphatic rings. The van der Waals surface area contributed by atoms with Crippen molar-refractivity contribution in [3.05, 3.63) is 35.4 Å². The van der Waals surface area contributed by atoms with Crippen LogP contribution >= 0.6 is 0 Å². The molecule has 0 saturated carbocycles. The minimum absolute atomic E-state index is 0.0268. The molecule has 2 nitrogen and oxygen atoms in total. The molecule has 4 heteroatoms. The van der Waals surface area contributed by atoms with Crippen LogP contribution in [0.4, 0.5) is 8.78 Å². The summed E-state index contributed by atoms with van der Waals surface area (Å²) in [5, 5.41) is 9.11. The Labute approximate surface area is 68.6 Å². The van der Waals surface area contributed by atoms with Gasteiger partial charge in [0.2, 0.25) is 0 Å². The van der Waals surface area contributed by atoms with E-state index in [-0.39, 0.29) is 12.1 Å². The van der Waals surface area contributed by atoms with Crippen LogP contribution in [0.15, 0.2) is 18.2 Å². The number of benzene rings is 1. The van der Waals surface area contributed by atoms with Gasteiger partial charge in [0.15, 0.2) is 0 Å². The first-order valence-electron chi connectivity index (χ1n) is 3.48. The Kier molecular flexibility index (Phi) is 2.73. The first-order valence-corrected chi connectivity index (χ1v) is 3.48. The molecule has 3 N–H and O–H groups in total. The zero-order valence-corrected chi connectivity index (χ0v) is 6.30. The van der Waals surface area contributed by atoms with E-state index >= 15 is 0 Å². The van der Waals surface area contributed by atoms with E-state index in [1.54, 1.807) is 0 Å². The van der Waals surface area contributed by atoms with Gasteiger partial charge in [-0.25, -0.2) is 8.78 Å². The van der Waals surface area contributed by atoms with Crippen LogP contribution in [0.1, 0.15) is 11.7 Å². The third kappa shape index (κ3) is 1.78. The van der Waals surface area contributed by atoms with Gasteiger partial charge >= 0.3 is 0 Å². The maximum absolute atomic E-state index is 12.8. The Morgan fingerprint density at radius 1 is 1.42 bits per heavy atom. The first-order chi connectivity index (χ1) is 5.65. The van der Waals surface area contributed by atoms with Crippen LogP contribution in [0.5, 0.6) is 0 Å². The van der Waals surface area contributed by atoms with Gasteiger partial charge in [0.25, 0.3) is 0 Å². The minimum atomic E-state index is -1.06. The summed E-state index contributed by atoms with van der Waals surface area (Å²) in [6, 6.07) is 2.98. The summed E-state index contributed by atoms with van der Waals surface area (Å²) in [5.41, 5.74) is 5.13. The molecule has 0 unspecified atom stereocenters. The Balaban J connectivity index is 3.01. The van der Waals surface area contributed by atoms with Gasteiger partial charge in [0.1, 0.15) is 11.6 Å². The fourth-order valence-electron chi connectivity index (χ4n) is 0.899. The second kappa shape index (κ2) is 3.60. The standard InChI is InChI=1S/C8H9F2NO/c9-5-1-2-6(7(10)3-5)8(12)4-11/h1-3,8,12H,4,11H2/t8-/m1/s1. The summed E-state index contributed by atoms with van der Waals surface area (Å²) in [4.78, 5) is 0. The number of rotatable bonds is 2. The van der Waals surface area contributed by atoms with Gasteiger partial charge in [-0.2, -0.15) is 0 Å². The molecule has 1 aromatic rings. The zero-order valence-electron chi connectivity index (χ0n) is 6.30. The highest BCUT2D eigenvalue weighted by atomic mass is 19.1. The summed E-state index contributed by atoms with van der Waals surface area (Å²) in [6.07, 6.45) is -1.06. The van der Waals surface area contributed by atoms with Gasteiger partial charge < -0.3 is 10.8 Å². The molecule has 0 aromatic heterocycles. The van der Waals surface area contributed by atoms with Crippen molar-refractivity contribution in [2.45, 2.75) is 6.10 Å². The lowest BCUT2D eigenvalue weighted by atomic mass is 10.1. The number of halogens is 2. The zero-order chi connectivity index (χ0) is 9.14. The van der Waals surface area contributed by atoms with Gasteiger partial charge in [-0.3, -0.25) is 0 Å². The van der Waals surface area contributed by atoms with Gasteiger partial charge in [0.05, 0.1) is 6.10 Å². The number of aliphatic hydroxyl groups is 1. The molecule has 0 heterocycles. The van der Waals surface area contributed by atoms with E-state index in [1.807, 2.05) is 0 Å². The Bertz CT molecular complexity index is 278. The Morgan fingerprint density at radius 3 is 2.58 bits per heavy atom. The summed E-state index contributed by atoms with van der Waals surface area (Å²) < 4.78 is 25.2. The van der Waals surface area contributed by atoms with Gasteiger partial charge in [-0.15, -0.1) is 0 Å². The van der Waals surface area contributed by atoms with E-state index in [4.69, 9.17) is 10.8 Å². The van der Waals surface area contributed by atoms with E-state index in [9.17, 15) is 8.78 Å². The lowest BCUT2D eigenvalue weighted by Crippen LogP contribution is -2.13. The van der Waals surface area contributed by atoms with Crippen molar-refractivity contribution in [2.24, 2.45) is 5.73 Å². The summed E-state index contributed by atoms with van der Waals surface area (Å²) in [5.74, 6) is -1.44. The Hall–Kier alpha value is -1.00. The number of nitrogens with two attached hydrogens (primary N) is 1. The predicted octanol–water partition coefficient (Wildman–Crippen LogP) is 0.957. The monoisotopic (exact) mass is 173 g/mol. The second-order valence-electron chi connectivity index (χ2n) is 2.42. The number of aliphatic hydroxyl groups excluding tert-OH is 1. The molecule has 0 fully saturated rings. The summed E-state index contributed by atoms with van der Waals surface area (Å²) in [6.45, 7) is -0.0808. The quantitative estimate of drug-likeness (QED) is 0.699. The minimum Gasteiger partial charge on any atom is -0.387 e. The number of hydrogen-bond donors (Lipinski definition) is 2. The largest absolute Gasteiger partial charge is 0.387 e. The van der Waals surface area contributed by atoms with Crippen LogP contribution < -0.4 is 5.73 Å². The number of hydrogen-bond acceptors (Lipinski definition) is 2. The molecule has 0 saturated heterocycles. The van der Waals surface area contributed by atoms with Crippen LogP contribution in [0.25, 0.3) is 0 Å². The molecular formula is C8H9F2NO. The SMILES string of the molecule is NC[C@@H](O)c1ccc(F)cc1F. The molecule has 1 atom stereocenters. The van der Waals surface area contributed by atoms with Crippen molar-refractivity contribution in [2.75, 3.05) is 6.54 Å². The van der Waals surface area contributed by atoms with Gasteiger partial charge in [-0.1, -0.05) is 6.07 Å². The predicted molar refractivity (Wildman–Crippen MR) is 40.4 cm³/mol. The van der Waals surface area contributed by atoms with Crippen LogP contribution in [-0.4, -0.2) is 11.7 Å². The maximum atomic E-state index is 12.8. The van der Waals surface area contributed by atoms with E-state index in [2.05, 4.69) is 0 Å². The molecule has 12 heavy (non-hydrogen) atoms. The molecule has 1 aromatic carbocycles. The normalized spacial score (nSPS) is 13.0.